The number of benzene rings is 3. The summed E-state index contributed by atoms with van der Waals surface area (Å²) >= 11 is 6.27. The predicted molar refractivity (Wildman–Crippen MR) is 120 cm³/mol. The van der Waals surface area contributed by atoms with E-state index in [4.69, 9.17) is 21.3 Å². The highest BCUT2D eigenvalue weighted by molar-refractivity contribution is 6.33. The fraction of sp³-hybridized carbons (Fsp3) is 0.167. The Bertz CT molecular complexity index is 1190. The van der Waals surface area contributed by atoms with Crippen LogP contribution >= 0.6 is 11.6 Å². The number of fused-ring (bicyclic) bond motifs is 1. The smallest absolute Gasteiger partial charge is 0.244 e. The molecule has 4 aromatic rings. The third-order valence-corrected chi connectivity index (χ3v) is 5.12. The van der Waals surface area contributed by atoms with Gasteiger partial charge in [0, 0.05) is 0 Å². The summed E-state index contributed by atoms with van der Waals surface area (Å²) in [6.45, 7) is 3.98. The summed E-state index contributed by atoms with van der Waals surface area (Å²) in [7, 11) is 0. The molecule has 0 radical (unpaired) electrons. The van der Waals surface area contributed by atoms with Crippen LogP contribution in [0.1, 0.15) is 24.4 Å². The van der Waals surface area contributed by atoms with Crippen LogP contribution in [0.3, 0.4) is 0 Å². The number of hydrogen-bond acceptors (Lipinski definition) is 3. The molecule has 1 heterocycles. The topological polar surface area (TPSA) is 56.2 Å². The normalized spacial score (nSPS) is 12.0. The van der Waals surface area contributed by atoms with Crippen LogP contribution in [-0.2, 0) is 11.3 Å². The number of anilines is 1. The fourth-order valence-electron chi connectivity index (χ4n) is 3.38. The first kappa shape index (κ1) is 20.0. The molecule has 5 nitrogen and oxygen atoms in total. The molecule has 30 heavy (non-hydrogen) atoms. The summed E-state index contributed by atoms with van der Waals surface area (Å²) < 4.78 is 7.96. The van der Waals surface area contributed by atoms with E-state index in [1.54, 1.807) is 0 Å². The van der Waals surface area contributed by atoms with Crippen LogP contribution in [0, 0.1) is 6.92 Å². The molecular formula is C24H22ClN3O2. The van der Waals surface area contributed by atoms with Gasteiger partial charge in [-0.15, -0.1) is 0 Å². The lowest BCUT2D eigenvalue weighted by molar-refractivity contribution is -0.116. The molecule has 4 rings (SSSR count). The van der Waals surface area contributed by atoms with Gasteiger partial charge in [0.1, 0.15) is 12.3 Å². The number of amides is 1. The highest BCUT2D eigenvalue weighted by atomic mass is 35.5. The monoisotopic (exact) mass is 419 g/mol. The minimum absolute atomic E-state index is 0.0997. The third-order valence-electron chi connectivity index (χ3n) is 4.80. The molecule has 0 unspecified atom stereocenters. The molecule has 0 fully saturated rings. The van der Waals surface area contributed by atoms with E-state index in [0.29, 0.717) is 16.5 Å². The Morgan fingerprint density at radius 3 is 2.60 bits per heavy atom. The molecular weight excluding hydrogens is 398 g/mol. The van der Waals surface area contributed by atoms with Crippen LogP contribution in [0.5, 0.6) is 5.75 Å². The first-order valence-electron chi connectivity index (χ1n) is 9.74. The molecule has 0 bridgehead atoms. The van der Waals surface area contributed by atoms with E-state index >= 15 is 0 Å². The maximum absolute atomic E-state index is 12.8. The molecule has 6 heteroatoms. The Hall–Kier alpha value is -3.31. The fourth-order valence-corrected chi connectivity index (χ4v) is 3.66. The predicted octanol–water partition coefficient (Wildman–Crippen LogP) is 5.78. The second-order valence-electron chi connectivity index (χ2n) is 7.15. The highest BCUT2D eigenvalue weighted by Crippen LogP contribution is 2.26. The van der Waals surface area contributed by atoms with E-state index in [-0.39, 0.29) is 18.6 Å². The quantitative estimate of drug-likeness (QED) is 0.431. The van der Waals surface area contributed by atoms with E-state index in [9.17, 15) is 4.79 Å². The Morgan fingerprint density at radius 2 is 1.83 bits per heavy atom. The van der Waals surface area contributed by atoms with E-state index < -0.39 is 0 Å². The van der Waals surface area contributed by atoms with Gasteiger partial charge in [0.05, 0.1) is 21.7 Å². The zero-order valence-corrected chi connectivity index (χ0v) is 17.6. The van der Waals surface area contributed by atoms with Gasteiger partial charge in [-0.3, -0.25) is 4.79 Å². The maximum Gasteiger partial charge on any atom is 0.244 e. The number of ether oxygens (including phenoxy) is 1. The first-order valence-corrected chi connectivity index (χ1v) is 10.1. The standard InChI is InChI=1S/C24H22ClN3O2/c1-16-12-13-20(19(25)14-16)26-23(29)15-28-22-11-7-6-10-21(22)27-24(28)17(2)30-18-8-4-3-5-9-18/h3-14,17H,15H2,1-2H3,(H,26,29)/t17-/m1/s1. The van der Waals surface area contributed by atoms with Gasteiger partial charge < -0.3 is 14.6 Å². The van der Waals surface area contributed by atoms with Crippen molar-refractivity contribution in [1.29, 1.82) is 0 Å². The molecule has 0 saturated heterocycles. The summed E-state index contributed by atoms with van der Waals surface area (Å²) in [4.78, 5) is 17.6. The molecule has 0 spiro atoms. The van der Waals surface area contributed by atoms with Gasteiger partial charge in [-0.2, -0.15) is 0 Å². The SMILES string of the molecule is Cc1ccc(NC(=O)Cn2c([C@@H](C)Oc3ccccc3)nc3ccccc32)c(Cl)c1. The van der Waals surface area contributed by atoms with Gasteiger partial charge in [-0.05, 0) is 55.8 Å². The zero-order valence-electron chi connectivity index (χ0n) is 16.8. The molecule has 3 aromatic carbocycles. The van der Waals surface area contributed by atoms with Crippen molar-refractivity contribution < 1.29 is 9.53 Å². The molecule has 0 aliphatic heterocycles. The van der Waals surface area contributed by atoms with Crippen molar-refractivity contribution in [3.63, 3.8) is 0 Å². The number of hydrogen-bond donors (Lipinski definition) is 1. The van der Waals surface area contributed by atoms with Crippen LogP contribution in [-0.4, -0.2) is 15.5 Å². The van der Waals surface area contributed by atoms with Crippen molar-refractivity contribution in [1.82, 2.24) is 9.55 Å². The number of aryl methyl sites for hydroxylation is 1. The molecule has 1 N–H and O–H groups in total. The summed E-state index contributed by atoms with van der Waals surface area (Å²) in [5.41, 5.74) is 3.32. The lowest BCUT2D eigenvalue weighted by Gasteiger charge is -2.17. The average molecular weight is 420 g/mol. The number of carbonyl (C=O) groups excluding carboxylic acids is 1. The first-order chi connectivity index (χ1) is 14.5. The summed E-state index contributed by atoms with van der Waals surface area (Å²) in [6, 6.07) is 22.9. The Balaban J connectivity index is 1.62. The van der Waals surface area contributed by atoms with Crippen LogP contribution < -0.4 is 10.1 Å². The van der Waals surface area contributed by atoms with Gasteiger partial charge in [0.2, 0.25) is 5.91 Å². The second kappa shape index (κ2) is 8.59. The molecule has 1 aromatic heterocycles. The number of nitrogens with zero attached hydrogens (tertiary/aromatic N) is 2. The second-order valence-corrected chi connectivity index (χ2v) is 7.56. The summed E-state index contributed by atoms with van der Waals surface area (Å²) in [6.07, 6.45) is -0.337. The van der Waals surface area contributed by atoms with Crippen LogP contribution in [0.4, 0.5) is 5.69 Å². The number of rotatable bonds is 6. The molecule has 0 aliphatic carbocycles. The number of para-hydroxylation sites is 3. The van der Waals surface area contributed by atoms with E-state index in [2.05, 4.69) is 5.32 Å². The highest BCUT2D eigenvalue weighted by Gasteiger charge is 2.20. The van der Waals surface area contributed by atoms with Crippen molar-refractivity contribution in [2.24, 2.45) is 0 Å². The number of aromatic nitrogens is 2. The lowest BCUT2D eigenvalue weighted by Crippen LogP contribution is -2.22. The molecule has 1 amide bonds. The van der Waals surface area contributed by atoms with Gasteiger partial charge in [0.25, 0.3) is 0 Å². The van der Waals surface area contributed by atoms with E-state index in [0.717, 1.165) is 22.3 Å². The maximum atomic E-state index is 12.8. The molecule has 0 saturated carbocycles. The van der Waals surface area contributed by atoms with Crippen LogP contribution in [0.2, 0.25) is 5.02 Å². The van der Waals surface area contributed by atoms with Gasteiger partial charge in [-0.1, -0.05) is 48.0 Å². The average Bonchev–Trinajstić information content (AvgIpc) is 3.09. The van der Waals surface area contributed by atoms with Gasteiger partial charge in [0.15, 0.2) is 11.9 Å². The number of nitrogens with one attached hydrogen (secondary N) is 1. The zero-order chi connectivity index (χ0) is 21.1. The summed E-state index contributed by atoms with van der Waals surface area (Å²) in [5.74, 6) is 1.25. The number of halogens is 1. The Kier molecular flexibility index (Phi) is 5.72. The third kappa shape index (κ3) is 4.31. The van der Waals surface area contributed by atoms with Gasteiger partial charge in [-0.25, -0.2) is 4.98 Å². The van der Waals surface area contributed by atoms with E-state index in [1.807, 2.05) is 91.2 Å². The Morgan fingerprint density at radius 1 is 1.10 bits per heavy atom. The lowest BCUT2D eigenvalue weighted by atomic mass is 10.2. The van der Waals surface area contributed by atoms with Crippen LogP contribution in [0.15, 0.2) is 72.8 Å². The number of carbonyl (C=O) groups is 1. The number of imidazole rings is 1. The molecule has 152 valence electrons. The molecule has 1 atom stereocenters. The van der Waals surface area contributed by atoms with Crippen molar-refractivity contribution in [3.05, 3.63) is 89.2 Å². The van der Waals surface area contributed by atoms with E-state index in [1.165, 1.54) is 0 Å². The van der Waals surface area contributed by atoms with Crippen molar-refractivity contribution in [2.75, 3.05) is 5.32 Å². The van der Waals surface area contributed by atoms with Crippen molar-refractivity contribution >= 4 is 34.2 Å². The largest absolute Gasteiger partial charge is 0.483 e. The minimum Gasteiger partial charge on any atom is -0.483 e. The Labute approximate surface area is 180 Å². The van der Waals surface area contributed by atoms with Crippen molar-refractivity contribution in [3.8, 4) is 5.75 Å². The summed E-state index contributed by atoms with van der Waals surface area (Å²) in [5, 5.41) is 3.41. The van der Waals surface area contributed by atoms with Crippen LogP contribution in [0.25, 0.3) is 11.0 Å². The van der Waals surface area contributed by atoms with Crippen molar-refractivity contribution in [2.45, 2.75) is 26.5 Å². The molecule has 0 aliphatic rings. The minimum atomic E-state index is -0.337. The van der Waals surface area contributed by atoms with Gasteiger partial charge >= 0.3 is 0 Å².